The van der Waals surface area contributed by atoms with E-state index in [4.69, 9.17) is 9.15 Å². The van der Waals surface area contributed by atoms with Gasteiger partial charge in [-0.1, -0.05) is 128 Å². The molecule has 1 fully saturated rings. The molecule has 0 saturated heterocycles. The molecule has 7 rings (SSSR count). The lowest BCUT2D eigenvalue weighted by atomic mass is 9.81. The van der Waals surface area contributed by atoms with E-state index in [0.29, 0.717) is 5.58 Å². The molecule has 0 N–H and O–H groups in total. The first kappa shape index (κ1) is 26.0. The molecule has 1 aliphatic carbocycles. The number of carbonyl (C=O) groups is 1. The number of fused-ring (bicyclic) bond motifs is 1. The molecule has 42 heavy (non-hydrogen) atoms. The average molecular weight is 549 g/mol. The van der Waals surface area contributed by atoms with Crippen LogP contribution in [0.15, 0.2) is 132 Å². The lowest BCUT2D eigenvalue weighted by Gasteiger charge is -2.22. The van der Waals surface area contributed by atoms with Crippen LogP contribution in [0, 0.1) is 0 Å². The SMILES string of the molecule is O=C(OC1CCCCC1)c1cc2c(-c3ccccc3)c(-c3ccccc3)c(-c3ccccc3)c(-c3ccccc3)c2o1. The highest BCUT2D eigenvalue weighted by atomic mass is 16.6. The highest BCUT2D eigenvalue weighted by molar-refractivity contribution is 6.17. The molecule has 5 aromatic carbocycles. The Labute approximate surface area is 246 Å². The van der Waals surface area contributed by atoms with E-state index in [1.54, 1.807) is 0 Å². The first-order valence-electron chi connectivity index (χ1n) is 14.8. The van der Waals surface area contributed by atoms with Gasteiger partial charge in [-0.3, -0.25) is 0 Å². The second-order valence-electron chi connectivity index (χ2n) is 11.0. The van der Waals surface area contributed by atoms with Crippen LogP contribution in [0.25, 0.3) is 55.5 Å². The molecule has 0 amide bonds. The maximum atomic E-state index is 13.6. The fourth-order valence-corrected chi connectivity index (χ4v) is 6.33. The summed E-state index contributed by atoms with van der Waals surface area (Å²) in [4.78, 5) is 13.6. The number of hydrogen-bond donors (Lipinski definition) is 0. The van der Waals surface area contributed by atoms with Crippen molar-refractivity contribution >= 4 is 16.9 Å². The Morgan fingerprint density at radius 2 is 0.976 bits per heavy atom. The number of ether oxygens (including phenoxy) is 1. The van der Waals surface area contributed by atoms with Gasteiger partial charge in [0, 0.05) is 28.1 Å². The van der Waals surface area contributed by atoms with Crippen LogP contribution in [0.4, 0.5) is 0 Å². The molecule has 0 unspecified atom stereocenters. The van der Waals surface area contributed by atoms with Crippen molar-refractivity contribution in [3.05, 3.63) is 133 Å². The summed E-state index contributed by atoms with van der Waals surface area (Å²) in [5.41, 5.74) is 9.13. The van der Waals surface area contributed by atoms with Crippen LogP contribution < -0.4 is 0 Å². The molecule has 206 valence electrons. The van der Waals surface area contributed by atoms with Gasteiger partial charge in [0.15, 0.2) is 0 Å². The molecule has 1 aliphatic rings. The van der Waals surface area contributed by atoms with Crippen LogP contribution in [-0.2, 0) is 4.74 Å². The molecule has 0 radical (unpaired) electrons. The van der Waals surface area contributed by atoms with Crippen molar-refractivity contribution in [2.24, 2.45) is 0 Å². The zero-order chi connectivity index (χ0) is 28.3. The number of carbonyl (C=O) groups excluding carboxylic acids is 1. The number of benzene rings is 5. The Morgan fingerprint density at radius 1 is 0.548 bits per heavy atom. The Kier molecular flexibility index (Phi) is 7.15. The number of hydrogen-bond acceptors (Lipinski definition) is 3. The molecular weight excluding hydrogens is 516 g/mol. The highest BCUT2D eigenvalue weighted by Crippen LogP contribution is 2.51. The molecule has 0 aliphatic heterocycles. The third-order valence-electron chi connectivity index (χ3n) is 8.26. The minimum Gasteiger partial charge on any atom is -0.457 e. The molecule has 0 bridgehead atoms. The maximum absolute atomic E-state index is 13.6. The largest absolute Gasteiger partial charge is 0.457 e. The predicted molar refractivity (Wildman–Crippen MR) is 170 cm³/mol. The summed E-state index contributed by atoms with van der Waals surface area (Å²) < 4.78 is 12.6. The van der Waals surface area contributed by atoms with Gasteiger partial charge in [0.1, 0.15) is 11.7 Å². The van der Waals surface area contributed by atoms with Crippen LogP contribution in [-0.4, -0.2) is 12.1 Å². The van der Waals surface area contributed by atoms with E-state index in [0.717, 1.165) is 75.6 Å². The van der Waals surface area contributed by atoms with Crippen molar-refractivity contribution in [1.82, 2.24) is 0 Å². The average Bonchev–Trinajstić information content (AvgIpc) is 3.51. The molecule has 0 atom stereocenters. The van der Waals surface area contributed by atoms with E-state index < -0.39 is 5.97 Å². The molecule has 3 heteroatoms. The molecule has 1 heterocycles. The third-order valence-corrected chi connectivity index (χ3v) is 8.26. The van der Waals surface area contributed by atoms with Gasteiger partial charge in [0.05, 0.1) is 0 Å². The Hall–Kier alpha value is -4.89. The number of esters is 1. The van der Waals surface area contributed by atoms with Crippen molar-refractivity contribution in [3.63, 3.8) is 0 Å². The minimum atomic E-state index is -0.390. The van der Waals surface area contributed by atoms with Crippen LogP contribution in [0.1, 0.15) is 42.7 Å². The first-order chi connectivity index (χ1) is 20.8. The van der Waals surface area contributed by atoms with Crippen LogP contribution in [0.5, 0.6) is 0 Å². The standard InChI is InChI=1S/C39H32O3/c40-39(41-31-24-14-5-15-25-31)33-26-32-34(27-16-6-1-7-17-27)35(28-18-8-2-9-19-28)36(29-20-10-3-11-21-29)37(38(32)42-33)30-22-12-4-13-23-30/h1-4,6-13,16-23,26,31H,5,14-15,24-25H2. The normalized spacial score (nSPS) is 13.7. The van der Waals surface area contributed by atoms with Crippen molar-refractivity contribution in [3.8, 4) is 44.5 Å². The lowest BCUT2D eigenvalue weighted by Crippen LogP contribution is -2.20. The van der Waals surface area contributed by atoms with Crippen LogP contribution >= 0.6 is 0 Å². The van der Waals surface area contributed by atoms with Gasteiger partial charge in [-0.05, 0) is 53.5 Å². The minimum absolute atomic E-state index is 0.0543. The van der Waals surface area contributed by atoms with Gasteiger partial charge in [-0.15, -0.1) is 0 Å². The maximum Gasteiger partial charge on any atom is 0.374 e. The summed E-state index contributed by atoms with van der Waals surface area (Å²) in [5.74, 6) is -0.146. The predicted octanol–water partition coefficient (Wildman–Crippen LogP) is 10.6. The molecule has 0 spiro atoms. The zero-order valence-corrected chi connectivity index (χ0v) is 23.5. The number of furan rings is 1. The fourth-order valence-electron chi connectivity index (χ4n) is 6.33. The van der Waals surface area contributed by atoms with Gasteiger partial charge in [-0.2, -0.15) is 0 Å². The van der Waals surface area contributed by atoms with Gasteiger partial charge in [0.2, 0.25) is 5.76 Å². The molecular formula is C39H32O3. The zero-order valence-electron chi connectivity index (χ0n) is 23.5. The Balaban J connectivity index is 1.59. The lowest BCUT2D eigenvalue weighted by molar-refractivity contribution is 0.0179. The van der Waals surface area contributed by atoms with Crippen molar-refractivity contribution in [2.75, 3.05) is 0 Å². The van der Waals surface area contributed by atoms with E-state index >= 15 is 0 Å². The van der Waals surface area contributed by atoms with Gasteiger partial charge in [-0.25, -0.2) is 4.79 Å². The molecule has 1 aromatic heterocycles. The van der Waals surface area contributed by atoms with E-state index in [1.165, 1.54) is 6.42 Å². The molecule has 3 nitrogen and oxygen atoms in total. The van der Waals surface area contributed by atoms with E-state index in [2.05, 4.69) is 84.9 Å². The summed E-state index contributed by atoms with van der Waals surface area (Å²) in [7, 11) is 0. The van der Waals surface area contributed by atoms with Crippen molar-refractivity contribution in [1.29, 1.82) is 0 Å². The quantitative estimate of drug-likeness (QED) is 0.194. The van der Waals surface area contributed by atoms with Crippen molar-refractivity contribution < 1.29 is 13.9 Å². The second kappa shape index (κ2) is 11.5. The fraction of sp³-hybridized carbons (Fsp3) is 0.154. The van der Waals surface area contributed by atoms with Crippen LogP contribution in [0.3, 0.4) is 0 Å². The Morgan fingerprint density at radius 3 is 1.48 bits per heavy atom. The van der Waals surface area contributed by atoms with E-state index in [1.807, 2.05) is 42.5 Å². The summed E-state index contributed by atoms with van der Waals surface area (Å²) in [5, 5.41) is 0.897. The summed E-state index contributed by atoms with van der Waals surface area (Å²) in [6.45, 7) is 0. The monoisotopic (exact) mass is 548 g/mol. The van der Waals surface area contributed by atoms with E-state index in [-0.39, 0.29) is 11.9 Å². The Bertz CT molecular complexity index is 1700. The molecule has 6 aromatic rings. The third kappa shape index (κ3) is 4.92. The summed E-state index contributed by atoms with van der Waals surface area (Å²) in [6.07, 6.45) is 5.15. The van der Waals surface area contributed by atoms with E-state index in [9.17, 15) is 4.79 Å². The smallest absolute Gasteiger partial charge is 0.374 e. The van der Waals surface area contributed by atoms with Crippen molar-refractivity contribution in [2.45, 2.75) is 38.2 Å². The summed E-state index contributed by atoms with van der Waals surface area (Å²) >= 11 is 0. The van der Waals surface area contributed by atoms with Gasteiger partial charge in [0.25, 0.3) is 0 Å². The van der Waals surface area contributed by atoms with Crippen LogP contribution in [0.2, 0.25) is 0 Å². The molecule has 1 saturated carbocycles. The second-order valence-corrected chi connectivity index (χ2v) is 11.0. The summed E-state index contributed by atoms with van der Waals surface area (Å²) in [6, 6.07) is 43.6. The highest BCUT2D eigenvalue weighted by Gasteiger charge is 2.29. The number of rotatable bonds is 6. The topological polar surface area (TPSA) is 39.4 Å². The van der Waals surface area contributed by atoms with Gasteiger partial charge >= 0.3 is 5.97 Å². The van der Waals surface area contributed by atoms with Gasteiger partial charge < -0.3 is 9.15 Å². The first-order valence-corrected chi connectivity index (χ1v) is 14.8.